The summed E-state index contributed by atoms with van der Waals surface area (Å²) in [4.78, 5) is 2.33. The molecule has 0 radical (unpaired) electrons. The molecule has 3 nitrogen and oxygen atoms in total. The molecule has 1 aromatic carbocycles. The van der Waals surface area contributed by atoms with Gasteiger partial charge in [0.15, 0.2) is 0 Å². The Morgan fingerprint density at radius 2 is 1.88 bits per heavy atom. The maximum Gasteiger partial charge on any atom is 0.0839 e. The Hall–Kier alpha value is -1.06. The molecule has 88 valence electrons. The van der Waals surface area contributed by atoms with Crippen LogP contribution in [0, 0.1) is 0 Å². The molecule has 0 bridgehead atoms. The van der Waals surface area contributed by atoms with Crippen molar-refractivity contribution in [1.29, 1.82) is 0 Å². The highest BCUT2D eigenvalue weighted by Gasteiger charge is 2.15. The van der Waals surface area contributed by atoms with E-state index in [9.17, 15) is 5.11 Å². The number of β-amino-alcohol motifs (C(OH)–C–C–N with tert-alkyl or cyclic N) is 1. The van der Waals surface area contributed by atoms with Gasteiger partial charge in [-0.25, -0.2) is 0 Å². The van der Waals surface area contributed by atoms with E-state index in [2.05, 4.69) is 10.2 Å². The second kappa shape index (κ2) is 5.87. The predicted octanol–water partition coefficient (Wildman–Crippen LogP) is 1.56. The monoisotopic (exact) mass is 220 g/mol. The summed E-state index contributed by atoms with van der Waals surface area (Å²) < 4.78 is 0. The summed E-state index contributed by atoms with van der Waals surface area (Å²) in [7, 11) is 0. The molecule has 0 saturated carbocycles. The van der Waals surface area contributed by atoms with Gasteiger partial charge in [-0.15, -0.1) is 0 Å². The number of benzene rings is 1. The highest BCUT2D eigenvalue weighted by molar-refractivity contribution is 5.42. The minimum atomic E-state index is -0.279. The Morgan fingerprint density at radius 1 is 1.19 bits per heavy atom. The van der Waals surface area contributed by atoms with Gasteiger partial charge in [0, 0.05) is 18.8 Å². The molecule has 0 amide bonds. The lowest BCUT2D eigenvalue weighted by Gasteiger charge is -2.19. The fraction of sp³-hybridized carbons (Fsp3) is 0.538. The number of aliphatic hydroxyl groups is 1. The molecule has 3 heteroatoms. The van der Waals surface area contributed by atoms with Gasteiger partial charge < -0.3 is 15.3 Å². The highest BCUT2D eigenvalue weighted by atomic mass is 16.3. The molecule has 0 aromatic heterocycles. The van der Waals surface area contributed by atoms with Gasteiger partial charge in [0.1, 0.15) is 0 Å². The predicted molar refractivity (Wildman–Crippen MR) is 66.6 cm³/mol. The van der Waals surface area contributed by atoms with E-state index in [-0.39, 0.29) is 6.10 Å². The van der Waals surface area contributed by atoms with Gasteiger partial charge in [-0.2, -0.15) is 0 Å². The molecule has 1 fully saturated rings. The van der Waals surface area contributed by atoms with Crippen molar-refractivity contribution >= 4 is 5.69 Å². The van der Waals surface area contributed by atoms with Gasteiger partial charge in [-0.1, -0.05) is 18.2 Å². The zero-order chi connectivity index (χ0) is 11.2. The van der Waals surface area contributed by atoms with Crippen LogP contribution in [-0.2, 0) is 0 Å². The number of hydrogen-bond acceptors (Lipinski definition) is 3. The third kappa shape index (κ3) is 3.51. The molecule has 0 spiro atoms. The number of anilines is 1. The van der Waals surface area contributed by atoms with Gasteiger partial charge in [0.05, 0.1) is 6.10 Å². The Balaban J connectivity index is 1.69. The van der Waals surface area contributed by atoms with Crippen LogP contribution in [0.5, 0.6) is 0 Å². The van der Waals surface area contributed by atoms with Gasteiger partial charge in [0.25, 0.3) is 0 Å². The average Bonchev–Trinajstić information content (AvgIpc) is 2.81. The smallest absolute Gasteiger partial charge is 0.0839 e. The van der Waals surface area contributed by atoms with E-state index in [1.807, 2.05) is 30.3 Å². The molecule has 2 rings (SSSR count). The third-order valence-corrected chi connectivity index (χ3v) is 2.98. The first kappa shape index (κ1) is 11.4. The normalized spacial score (nSPS) is 18.6. The van der Waals surface area contributed by atoms with Crippen LogP contribution in [0.4, 0.5) is 5.69 Å². The van der Waals surface area contributed by atoms with Crippen LogP contribution >= 0.6 is 0 Å². The van der Waals surface area contributed by atoms with Gasteiger partial charge in [0.2, 0.25) is 0 Å². The molecule has 0 aliphatic carbocycles. The van der Waals surface area contributed by atoms with E-state index in [0.717, 1.165) is 25.3 Å². The van der Waals surface area contributed by atoms with E-state index < -0.39 is 0 Å². The molecule has 1 atom stereocenters. The van der Waals surface area contributed by atoms with Crippen molar-refractivity contribution in [2.75, 3.05) is 31.5 Å². The quantitative estimate of drug-likeness (QED) is 0.790. The Bertz CT molecular complexity index is 296. The fourth-order valence-electron chi connectivity index (χ4n) is 2.12. The summed E-state index contributed by atoms with van der Waals surface area (Å²) in [6.45, 7) is 3.70. The molecular weight excluding hydrogens is 200 g/mol. The van der Waals surface area contributed by atoms with Crippen LogP contribution in [0.25, 0.3) is 0 Å². The number of likely N-dealkylation sites (tertiary alicyclic amines) is 1. The molecule has 0 unspecified atom stereocenters. The fourth-order valence-corrected chi connectivity index (χ4v) is 2.12. The largest absolute Gasteiger partial charge is 0.390 e. The maximum atomic E-state index is 9.87. The molecule has 1 aliphatic heterocycles. The first-order chi connectivity index (χ1) is 7.84. The Labute approximate surface area is 97.1 Å². The molecule has 1 saturated heterocycles. The standard InChI is InChI=1S/C13H20N2O/c16-13(11-15-8-4-5-9-15)10-14-12-6-2-1-3-7-12/h1-3,6-7,13-14,16H,4-5,8-11H2/t13-/m1/s1. The van der Waals surface area contributed by atoms with Crippen molar-refractivity contribution in [2.24, 2.45) is 0 Å². The average molecular weight is 220 g/mol. The summed E-state index contributed by atoms with van der Waals surface area (Å²) >= 11 is 0. The number of hydrogen-bond donors (Lipinski definition) is 2. The second-order valence-electron chi connectivity index (χ2n) is 4.41. The number of nitrogens with zero attached hydrogens (tertiary/aromatic N) is 1. The number of aliphatic hydroxyl groups excluding tert-OH is 1. The Kier molecular flexibility index (Phi) is 4.19. The maximum absolute atomic E-state index is 9.87. The summed E-state index contributed by atoms with van der Waals surface area (Å²) in [6, 6.07) is 10.0. The van der Waals surface area contributed by atoms with Crippen LogP contribution < -0.4 is 5.32 Å². The van der Waals surface area contributed by atoms with Crippen LogP contribution in [0.15, 0.2) is 30.3 Å². The summed E-state index contributed by atoms with van der Waals surface area (Å²) in [5, 5.41) is 13.1. The number of para-hydroxylation sites is 1. The van der Waals surface area contributed by atoms with Crippen molar-refractivity contribution in [2.45, 2.75) is 18.9 Å². The minimum Gasteiger partial charge on any atom is -0.390 e. The topological polar surface area (TPSA) is 35.5 Å². The van der Waals surface area contributed by atoms with E-state index in [1.54, 1.807) is 0 Å². The minimum absolute atomic E-state index is 0.279. The van der Waals surface area contributed by atoms with Crippen molar-refractivity contribution in [3.63, 3.8) is 0 Å². The van der Waals surface area contributed by atoms with Gasteiger partial charge >= 0.3 is 0 Å². The van der Waals surface area contributed by atoms with Gasteiger partial charge in [-0.05, 0) is 38.1 Å². The second-order valence-corrected chi connectivity index (χ2v) is 4.41. The summed E-state index contributed by atoms with van der Waals surface area (Å²) in [5.74, 6) is 0. The Morgan fingerprint density at radius 3 is 2.56 bits per heavy atom. The van der Waals surface area contributed by atoms with E-state index in [1.165, 1.54) is 12.8 Å². The molecule has 1 heterocycles. The van der Waals surface area contributed by atoms with Crippen LogP contribution in [-0.4, -0.2) is 42.3 Å². The molecule has 2 N–H and O–H groups in total. The first-order valence-corrected chi connectivity index (χ1v) is 6.04. The molecule has 1 aliphatic rings. The SMILES string of the molecule is O[C@H](CNc1ccccc1)CN1CCCC1. The summed E-state index contributed by atoms with van der Waals surface area (Å²) in [6.07, 6.45) is 2.27. The summed E-state index contributed by atoms with van der Waals surface area (Å²) in [5.41, 5.74) is 1.07. The van der Waals surface area contributed by atoms with Crippen molar-refractivity contribution in [3.8, 4) is 0 Å². The lowest BCUT2D eigenvalue weighted by Crippen LogP contribution is -2.34. The lowest BCUT2D eigenvalue weighted by molar-refractivity contribution is 0.135. The van der Waals surface area contributed by atoms with Crippen molar-refractivity contribution < 1.29 is 5.11 Å². The molecular formula is C13H20N2O. The molecule has 1 aromatic rings. The van der Waals surface area contributed by atoms with Crippen LogP contribution in [0.1, 0.15) is 12.8 Å². The number of rotatable bonds is 5. The third-order valence-electron chi connectivity index (χ3n) is 2.98. The zero-order valence-corrected chi connectivity index (χ0v) is 9.60. The van der Waals surface area contributed by atoms with Crippen LogP contribution in [0.2, 0.25) is 0 Å². The van der Waals surface area contributed by atoms with E-state index in [0.29, 0.717) is 6.54 Å². The highest BCUT2D eigenvalue weighted by Crippen LogP contribution is 2.09. The lowest BCUT2D eigenvalue weighted by atomic mass is 10.3. The van der Waals surface area contributed by atoms with Crippen LogP contribution in [0.3, 0.4) is 0 Å². The van der Waals surface area contributed by atoms with E-state index >= 15 is 0 Å². The molecule has 16 heavy (non-hydrogen) atoms. The van der Waals surface area contributed by atoms with Crippen molar-refractivity contribution in [3.05, 3.63) is 30.3 Å². The number of nitrogens with one attached hydrogen (secondary N) is 1. The van der Waals surface area contributed by atoms with E-state index in [4.69, 9.17) is 0 Å². The first-order valence-electron chi connectivity index (χ1n) is 6.04. The van der Waals surface area contributed by atoms with Gasteiger partial charge in [-0.3, -0.25) is 0 Å². The van der Waals surface area contributed by atoms with Crippen molar-refractivity contribution in [1.82, 2.24) is 4.90 Å². The zero-order valence-electron chi connectivity index (χ0n) is 9.60.